The molecular formula is C21H14F3N3O2S2. The number of alkyl halides is 3. The zero-order valence-corrected chi connectivity index (χ0v) is 17.3. The summed E-state index contributed by atoms with van der Waals surface area (Å²) in [6.45, 7) is 0. The number of imide groups is 1. The van der Waals surface area contributed by atoms with E-state index in [1.54, 1.807) is 0 Å². The zero-order chi connectivity index (χ0) is 22.0. The summed E-state index contributed by atoms with van der Waals surface area (Å²) in [7, 11) is 0. The minimum atomic E-state index is -4.49. The highest BCUT2D eigenvalue weighted by molar-refractivity contribution is 8.20. The van der Waals surface area contributed by atoms with Crippen molar-refractivity contribution in [1.29, 1.82) is 0 Å². The minimum Gasteiger partial charge on any atom is -0.282 e. The Balaban J connectivity index is 1.26. The van der Waals surface area contributed by atoms with Crippen molar-refractivity contribution >= 4 is 40.8 Å². The molecule has 158 valence electrons. The van der Waals surface area contributed by atoms with E-state index in [1.807, 2.05) is 52.9 Å². The second-order valence-electron chi connectivity index (χ2n) is 6.46. The highest BCUT2D eigenvalue weighted by atomic mass is 32.2. The predicted octanol–water partition coefficient (Wildman–Crippen LogP) is 5.54. The average molecular weight is 461 g/mol. The maximum atomic E-state index is 12.6. The topological polar surface area (TPSA) is 61.4 Å². The van der Waals surface area contributed by atoms with Crippen molar-refractivity contribution in [3.05, 3.63) is 101 Å². The molecule has 0 aromatic heterocycles. The number of allylic oxidation sites excluding steroid dienone is 4. The van der Waals surface area contributed by atoms with Gasteiger partial charge in [-0.05, 0) is 42.0 Å². The van der Waals surface area contributed by atoms with Gasteiger partial charge in [0.25, 0.3) is 5.91 Å². The second kappa shape index (κ2) is 8.66. The quantitative estimate of drug-likeness (QED) is 0.571. The van der Waals surface area contributed by atoms with Crippen LogP contribution in [0.15, 0.2) is 84.2 Å². The first kappa shape index (κ1) is 21.3. The molecule has 2 N–H and O–H groups in total. The molecule has 2 heterocycles. The molecule has 0 saturated carbocycles. The van der Waals surface area contributed by atoms with E-state index in [0.29, 0.717) is 11.9 Å². The third-order valence-corrected chi connectivity index (χ3v) is 5.98. The van der Waals surface area contributed by atoms with Crippen molar-refractivity contribution in [2.75, 3.05) is 0 Å². The summed E-state index contributed by atoms with van der Waals surface area (Å²) < 4.78 is 42.5. The van der Waals surface area contributed by atoms with E-state index in [1.165, 1.54) is 12.1 Å². The Kier molecular flexibility index (Phi) is 5.94. The number of nitrogens with one attached hydrogen (secondary N) is 2. The van der Waals surface area contributed by atoms with Crippen LogP contribution >= 0.6 is 24.1 Å². The van der Waals surface area contributed by atoms with Gasteiger partial charge in [0.1, 0.15) is 0 Å². The van der Waals surface area contributed by atoms with Crippen LogP contribution in [0.4, 0.5) is 18.0 Å². The smallest absolute Gasteiger partial charge is 0.282 e. The first-order chi connectivity index (χ1) is 14.8. The summed E-state index contributed by atoms with van der Waals surface area (Å²) >= 11 is 1.85. The van der Waals surface area contributed by atoms with Crippen molar-refractivity contribution in [3.8, 4) is 0 Å². The van der Waals surface area contributed by atoms with E-state index in [4.69, 9.17) is 0 Å². The zero-order valence-electron chi connectivity index (χ0n) is 15.6. The number of amides is 2. The number of hydrogen-bond acceptors (Lipinski definition) is 6. The first-order valence-electron chi connectivity index (χ1n) is 8.94. The summed E-state index contributed by atoms with van der Waals surface area (Å²) in [5, 5.41) is 1.44. The fourth-order valence-electron chi connectivity index (χ4n) is 2.95. The third kappa shape index (κ3) is 4.71. The molecule has 0 spiro atoms. The van der Waals surface area contributed by atoms with Crippen LogP contribution in [0.25, 0.3) is 5.57 Å². The molecule has 2 amide bonds. The van der Waals surface area contributed by atoms with Crippen molar-refractivity contribution in [1.82, 2.24) is 13.7 Å². The molecule has 0 saturated heterocycles. The van der Waals surface area contributed by atoms with Gasteiger partial charge in [-0.15, -0.1) is 0 Å². The molecule has 0 aliphatic carbocycles. The van der Waals surface area contributed by atoms with Crippen LogP contribution in [0.5, 0.6) is 0 Å². The highest BCUT2D eigenvalue weighted by Crippen LogP contribution is 2.44. The first-order valence-corrected chi connectivity index (χ1v) is 10.5. The van der Waals surface area contributed by atoms with Crippen molar-refractivity contribution in [2.24, 2.45) is 0 Å². The van der Waals surface area contributed by atoms with Gasteiger partial charge in [-0.3, -0.25) is 19.2 Å². The monoisotopic (exact) mass is 461 g/mol. The Bertz CT molecular complexity index is 1110. The lowest BCUT2D eigenvalue weighted by molar-refractivity contribution is -0.137. The van der Waals surface area contributed by atoms with Crippen LogP contribution in [0, 0.1) is 0 Å². The molecule has 2 aliphatic heterocycles. The van der Waals surface area contributed by atoms with Gasteiger partial charge in [0.05, 0.1) is 29.1 Å². The van der Waals surface area contributed by atoms with Gasteiger partial charge < -0.3 is 0 Å². The van der Waals surface area contributed by atoms with E-state index in [9.17, 15) is 22.8 Å². The lowest BCUT2D eigenvalue weighted by atomic mass is 9.94. The summed E-state index contributed by atoms with van der Waals surface area (Å²) in [6.07, 6.45) is 1.52. The number of carbonyl (C=O) groups excluding carboxylic acids is 2. The van der Waals surface area contributed by atoms with Gasteiger partial charge >= 0.3 is 11.4 Å². The number of benzene rings is 2. The number of halogens is 3. The fraction of sp³-hybridized carbons (Fsp3) is 0.0476. The van der Waals surface area contributed by atoms with E-state index in [-0.39, 0.29) is 5.56 Å². The molecule has 0 fully saturated rings. The normalized spacial score (nSPS) is 14.8. The molecule has 2 aromatic carbocycles. The summed E-state index contributed by atoms with van der Waals surface area (Å²) in [4.78, 5) is 24.0. The average Bonchev–Trinajstić information content (AvgIpc) is 2.76. The van der Waals surface area contributed by atoms with Crippen LogP contribution in [0.1, 0.15) is 21.5 Å². The Hall–Kier alpha value is -2.95. The molecule has 5 nitrogen and oxygen atoms in total. The number of hydrogen-bond donors (Lipinski definition) is 2. The van der Waals surface area contributed by atoms with E-state index in [2.05, 4.69) is 9.44 Å². The fourth-order valence-corrected chi connectivity index (χ4v) is 4.31. The van der Waals surface area contributed by atoms with Gasteiger partial charge in [0.2, 0.25) is 0 Å². The Morgan fingerprint density at radius 2 is 1.65 bits per heavy atom. The van der Waals surface area contributed by atoms with Gasteiger partial charge in [0.15, 0.2) is 0 Å². The molecule has 2 bridgehead atoms. The molecule has 31 heavy (non-hydrogen) atoms. The lowest BCUT2D eigenvalue weighted by Crippen LogP contribution is -2.31. The van der Waals surface area contributed by atoms with E-state index in [0.717, 1.165) is 46.8 Å². The van der Waals surface area contributed by atoms with Gasteiger partial charge in [-0.25, -0.2) is 0 Å². The lowest BCUT2D eigenvalue weighted by Gasteiger charge is -2.38. The van der Waals surface area contributed by atoms with Crippen molar-refractivity contribution in [3.63, 3.8) is 0 Å². The predicted molar refractivity (Wildman–Crippen MR) is 115 cm³/mol. The number of rotatable bonds is 5. The summed E-state index contributed by atoms with van der Waals surface area (Å²) in [6, 6.07) is 13.5. The molecule has 0 unspecified atom stereocenters. The molecule has 0 radical (unpaired) electrons. The molecular weight excluding hydrogens is 447 g/mol. The maximum absolute atomic E-state index is 12.6. The second-order valence-corrected chi connectivity index (χ2v) is 8.24. The number of fused-ring (bicyclic) bond motifs is 2. The van der Waals surface area contributed by atoms with E-state index < -0.39 is 22.9 Å². The van der Waals surface area contributed by atoms with Gasteiger partial charge in [-0.1, -0.05) is 36.4 Å². The number of carbonyl (C=O) groups is 2. The molecule has 2 aromatic rings. The molecule has 2 aliphatic rings. The minimum absolute atomic E-state index is 0.0418. The van der Waals surface area contributed by atoms with Crippen LogP contribution < -0.4 is 9.44 Å². The highest BCUT2D eigenvalue weighted by Gasteiger charge is 2.31. The Morgan fingerprint density at radius 3 is 2.29 bits per heavy atom. The maximum Gasteiger partial charge on any atom is 0.416 e. The third-order valence-electron chi connectivity index (χ3n) is 4.47. The van der Waals surface area contributed by atoms with Crippen LogP contribution in [-0.2, 0) is 6.18 Å². The SMILES string of the molecule is O=C(NC(=O)c1ccc(C(F)(F)F)cc1)SNSN1c2ccc(-c3ccccc3)c1c2. The van der Waals surface area contributed by atoms with Crippen molar-refractivity contribution < 1.29 is 22.8 Å². The summed E-state index contributed by atoms with van der Waals surface area (Å²) in [5.41, 5.74) is 3.17. The Labute approximate surface area is 184 Å². The summed E-state index contributed by atoms with van der Waals surface area (Å²) in [5.74, 6) is -0.779. The standard InChI is InChI=1S/C21H14F3N3O2S2/c22-21(23,24)15-8-6-14(7-9-15)19(28)25-20(29)30-26-31-27-16-10-11-17(18(27)12-16)13-4-2-1-3-5-13/h1-12,26H,(H,25,28,29). The van der Waals surface area contributed by atoms with Crippen molar-refractivity contribution in [2.45, 2.75) is 6.18 Å². The van der Waals surface area contributed by atoms with Crippen LogP contribution in [-0.4, -0.2) is 15.5 Å². The van der Waals surface area contributed by atoms with Crippen LogP contribution in [0.3, 0.4) is 0 Å². The molecule has 4 rings (SSSR count). The van der Waals surface area contributed by atoms with Gasteiger partial charge in [0, 0.05) is 23.1 Å². The largest absolute Gasteiger partial charge is 0.416 e. The van der Waals surface area contributed by atoms with Gasteiger partial charge in [-0.2, -0.15) is 17.3 Å². The Morgan fingerprint density at radius 1 is 0.935 bits per heavy atom. The molecule has 0 atom stereocenters. The number of nitrogens with zero attached hydrogens (tertiary/aromatic N) is 1. The van der Waals surface area contributed by atoms with E-state index >= 15 is 0 Å². The molecule has 10 heteroatoms. The van der Waals surface area contributed by atoms with Crippen LogP contribution in [0.2, 0.25) is 0 Å².